The average molecular weight is 209 g/mol. The topological polar surface area (TPSA) is 18.5 Å². The molecule has 3 heteroatoms. The van der Waals surface area contributed by atoms with Crippen molar-refractivity contribution in [2.24, 2.45) is 5.92 Å². The van der Waals surface area contributed by atoms with Gasteiger partial charge in [0.2, 0.25) is 0 Å². The molecule has 13 heavy (non-hydrogen) atoms. The normalized spacial score (nSPS) is 15.7. The minimum atomic E-state index is 0.263. The maximum absolute atomic E-state index is 5.93. The lowest BCUT2D eigenvalue weighted by atomic mass is 10.0. The van der Waals surface area contributed by atoms with Crippen LogP contribution in [0.25, 0.3) is 0 Å². The summed E-state index contributed by atoms with van der Waals surface area (Å²) in [4.78, 5) is 0. The number of methoxy groups -OCH3 is 1. The SMILES string of the molecule is COCCOCCCC(C)C(C)Cl. The fourth-order valence-electron chi connectivity index (χ4n) is 0.981. The van der Waals surface area contributed by atoms with Crippen molar-refractivity contribution in [1.29, 1.82) is 0 Å². The lowest BCUT2D eigenvalue weighted by molar-refractivity contribution is 0.0674. The van der Waals surface area contributed by atoms with E-state index in [1.165, 1.54) is 0 Å². The van der Waals surface area contributed by atoms with Crippen molar-refractivity contribution in [3.05, 3.63) is 0 Å². The van der Waals surface area contributed by atoms with Crippen LogP contribution in [0.15, 0.2) is 0 Å². The molecule has 0 aromatic rings. The second kappa shape index (κ2) is 8.79. The van der Waals surface area contributed by atoms with E-state index < -0.39 is 0 Å². The molecule has 2 atom stereocenters. The van der Waals surface area contributed by atoms with Gasteiger partial charge in [-0.2, -0.15) is 0 Å². The fourth-order valence-corrected chi connectivity index (χ4v) is 1.11. The number of rotatable bonds is 8. The smallest absolute Gasteiger partial charge is 0.0700 e. The molecule has 0 aliphatic carbocycles. The third-order valence-corrected chi connectivity index (χ3v) is 2.59. The molecular weight excluding hydrogens is 188 g/mol. The minimum absolute atomic E-state index is 0.263. The van der Waals surface area contributed by atoms with Crippen molar-refractivity contribution in [2.45, 2.75) is 32.1 Å². The Hall–Kier alpha value is 0.210. The van der Waals surface area contributed by atoms with Crippen molar-refractivity contribution >= 4 is 11.6 Å². The van der Waals surface area contributed by atoms with Gasteiger partial charge < -0.3 is 9.47 Å². The molecule has 0 radical (unpaired) electrons. The van der Waals surface area contributed by atoms with Gasteiger partial charge in [-0.05, 0) is 25.7 Å². The highest BCUT2D eigenvalue weighted by Gasteiger charge is 2.07. The van der Waals surface area contributed by atoms with Crippen molar-refractivity contribution in [2.75, 3.05) is 26.9 Å². The van der Waals surface area contributed by atoms with E-state index in [9.17, 15) is 0 Å². The maximum Gasteiger partial charge on any atom is 0.0700 e. The summed E-state index contributed by atoms with van der Waals surface area (Å²) >= 11 is 5.93. The molecule has 0 amide bonds. The molecule has 2 unspecified atom stereocenters. The number of halogens is 1. The van der Waals surface area contributed by atoms with E-state index in [1.54, 1.807) is 7.11 Å². The van der Waals surface area contributed by atoms with Crippen LogP contribution in [-0.2, 0) is 9.47 Å². The summed E-state index contributed by atoms with van der Waals surface area (Å²) in [6, 6.07) is 0. The Labute approximate surface area is 86.6 Å². The standard InChI is InChI=1S/C10H21ClO2/c1-9(10(2)11)5-4-6-13-8-7-12-3/h9-10H,4-8H2,1-3H3. The van der Waals surface area contributed by atoms with E-state index in [0.29, 0.717) is 19.1 Å². The van der Waals surface area contributed by atoms with Crippen molar-refractivity contribution in [1.82, 2.24) is 0 Å². The highest BCUT2D eigenvalue weighted by molar-refractivity contribution is 6.20. The Morgan fingerprint density at radius 2 is 1.85 bits per heavy atom. The van der Waals surface area contributed by atoms with Gasteiger partial charge >= 0.3 is 0 Å². The van der Waals surface area contributed by atoms with Crippen molar-refractivity contribution in [3.8, 4) is 0 Å². The van der Waals surface area contributed by atoms with E-state index in [0.717, 1.165) is 19.4 Å². The molecule has 0 saturated carbocycles. The Bertz CT molecular complexity index is 107. The van der Waals surface area contributed by atoms with Gasteiger partial charge in [0.05, 0.1) is 13.2 Å². The summed E-state index contributed by atoms with van der Waals surface area (Å²) in [6.07, 6.45) is 2.22. The van der Waals surface area contributed by atoms with Crippen molar-refractivity contribution < 1.29 is 9.47 Å². The lowest BCUT2D eigenvalue weighted by Crippen LogP contribution is -2.09. The lowest BCUT2D eigenvalue weighted by Gasteiger charge is -2.13. The van der Waals surface area contributed by atoms with Crippen LogP contribution in [0, 0.1) is 5.92 Å². The molecule has 0 aromatic heterocycles. The van der Waals surface area contributed by atoms with Gasteiger partial charge in [-0.25, -0.2) is 0 Å². The molecule has 0 aromatic carbocycles. The van der Waals surface area contributed by atoms with E-state index in [2.05, 4.69) is 6.92 Å². The summed E-state index contributed by atoms with van der Waals surface area (Å²) in [7, 11) is 1.68. The molecule has 80 valence electrons. The van der Waals surface area contributed by atoms with Gasteiger partial charge in [-0.3, -0.25) is 0 Å². The van der Waals surface area contributed by atoms with Crippen LogP contribution in [0.2, 0.25) is 0 Å². The Morgan fingerprint density at radius 1 is 1.15 bits per heavy atom. The molecule has 0 aliphatic heterocycles. The molecule has 0 heterocycles. The molecule has 0 saturated heterocycles. The summed E-state index contributed by atoms with van der Waals surface area (Å²) in [6.45, 7) is 6.41. The van der Waals surface area contributed by atoms with Gasteiger partial charge in [0, 0.05) is 19.1 Å². The Morgan fingerprint density at radius 3 is 2.38 bits per heavy atom. The molecule has 0 bridgehead atoms. The monoisotopic (exact) mass is 208 g/mol. The van der Waals surface area contributed by atoms with Gasteiger partial charge in [0.25, 0.3) is 0 Å². The van der Waals surface area contributed by atoms with Crippen LogP contribution < -0.4 is 0 Å². The second-order valence-electron chi connectivity index (χ2n) is 3.40. The van der Waals surface area contributed by atoms with E-state index >= 15 is 0 Å². The fraction of sp³-hybridized carbons (Fsp3) is 1.00. The first kappa shape index (κ1) is 13.2. The molecule has 2 nitrogen and oxygen atoms in total. The molecule has 0 aliphatic rings. The Kier molecular flexibility index (Phi) is 8.93. The highest BCUT2D eigenvalue weighted by atomic mass is 35.5. The van der Waals surface area contributed by atoms with Gasteiger partial charge in [-0.15, -0.1) is 11.6 Å². The van der Waals surface area contributed by atoms with Crippen LogP contribution in [0.3, 0.4) is 0 Å². The quantitative estimate of drug-likeness (QED) is 0.451. The minimum Gasteiger partial charge on any atom is -0.382 e. The largest absolute Gasteiger partial charge is 0.382 e. The molecule has 0 N–H and O–H groups in total. The zero-order chi connectivity index (χ0) is 10.1. The van der Waals surface area contributed by atoms with Crippen LogP contribution in [0.5, 0.6) is 0 Å². The van der Waals surface area contributed by atoms with Crippen LogP contribution in [0.1, 0.15) is 26.7 Å². The van der Waals surface area contributed by atoms with E-state index in [1.807, 2.05) is 6.92 Å². The van der Waals surface area contributed by atoms with Gasteiger partial charge in [0.15, 0.2) is 0 Å². The summed E-state index contributed by atoms with van der Waals surface area (Å²) in [5.74, 6) is 0.577. The summed E-state index contributed by atoms with van der Waals surface area (Å²) in [5, 5.41) is 0.263. The Balaban J connectivity index is 3.07. The predicted octanol–water partition coefficient (Wildman–Crippen LogP) is 2.69. The first-order chi connectivity index (χ1) is 6.18. The summed E-state index contributed by atoms with van der Waals surface area (Å²) in [5.41, 5.74) is 0. The number of alkyl halides is 1. The first-order valence-corrected chi connectivity index (χ1v) is 5.33. The number of hydrogen-bond acceptors (Lipinski definition) is 2. The second-order valence-corrected chi connectivity index (χ2v) is 4.09. The van der Waals surface area contributed by atoms with Crippen LogP contribution in [0.4, 0.5) is 0 Å². The third-order valence-electron chi connectivity index (χ3n) is 2.16. The number of ether oxygens (including phenoxy) is 2. The summed E-state index contributed by atoms with van der Waals surface area (Å²) < 4.78 is 10.2. The molecule has 0 fully saturated rings. The first-order valence-electron chi connectivity index (χ1n) is 4.89. The zero-order valence-corrected chi connectivity index (χ0v) is 9.64. The molecule has 0 spiro atoms. The predicted molar refractivity (Wildman–Crippen MR) is 56.4 cm³/mol. The van der Waals surface area contributed by atoms with E-state index in [-0.39, 0.29) is 5.38 Å². The van der Waals surface area contributed by atoms with Crippen molar-refractivity contribution in [3.63, 3.8) is 0 Å². The van der Waals surface area contributed by atoms with Crippen LogP contribution >= 0.6 is 11.6 Å². The highest BCUT2D eigenvalue weighted by Crippen LogP contribution is 2.15. The maximum atomic E-state index is 5.93. The van der Waals surface area contributed by atoms with Gasteiger partial charge in [-0.1, -0.05) is 6.92 Å². The molecular formula is C10H21ClO2. The third kappa shape index (κ3) is 8.54. The van der Waals surface area contributed by atoms with Gasteiger partial charge in [0.1, 0.15) is 0 Å². The number of hydrogen-bond donors (Lipinski definition) is 0. The molecule has 0 rings (SSSR count). The zero-order valence-electron chi connectivity index (χ0n) is 8.88. The van der Waals surface area contributed by atoms with Crippen LogP contribution in [-0.4, -0.2) is 32.3 Å². The average Bonchev–Trinajstić information content (AvgIpc) is 2.10. The van der Waals surface area contributed by atoms with E-state index in [4.69, 9.17) is 21.1 Å².